The molecule has 0 saturated carbocycles. The average Bonchev–Trinajstić information content (AvgIpc) is 3.01. The molecule has 6 nitrogen and oxygen atoms in total. The maximum Gasteiger partial charge on any atom is 0.409 e. The van der Waals surface area contributed by atoms with Crippen LogP contribution in [0.2, 0.25) is 0 Å². The zero-order valence-corrected chi connectivity index (χ0v) is 15.0. The fourth-order valence-electron chi connectivity index (χ4n) is 2.80. The van der Waals surface area contributed by atoms with Crippen LogP contribution in [0.4, 0.5) is 4.79 Å². The van der Waals surface area contributed by atoms with E-state index in [2.05, 4.69) is 15.9 Å². The number of ketones is 1. The third-order valence-electron chi connectivity index (χ3n) is 3.98. The predicted molar refractivity (Wildman–Crippen MR) is 88.3 cm³/mol. The van der Waals surface area contributed by atoms with E-state index in [0.717, 1.165) is 12.8 Å². The fourth-order valence-corrected chi connectivity index (χ4v) is 3.34. The second kappa shape index (κ2) is 7.68. The SMILES string of the molecule is COC(=O)N1CCC[C@H]1CC(=O)c1cc(OC)c(OC)cc1Br. The summed E-state index contributed by atoms with van der Waals surface area (Å²) in [5.41, 5.74) is 0.513. The monoisotopic (exact) mass is 385 g/mol. The lowest BCUT2D eigenvalue weighted by atomic mass is 10.0. The van der Waals surface area contributed by atoms with Gasteiger partial charge < -0.3 is 19.1 Å². The molecule has 1 aliphatic heterocycles. The lowest BCUT2D eigenvalue weighted by Gasteiger charge is -2.23. The standard InChI is InChI=1S/C16H20BrNO5/c1-21-14-8-11(12(17)9-15(14)22-2)13(19)7-10-5-4-6-18(10)16(20)23-3/h8-10H,4-7H2,1-3H3/t10-/m0/s1. The average molecular weight is 386 g/mol. The highest BCUT2D eigenvalue weighted by atomic mass is 79.9. The van der Waals surface area contributed by atoms with Gasteiger partial charge in [0.25, 0.3) is 0 Å². The molecule has 1 saturated heterocycles. The molecule has 0 unspecified atom stereocenters. The van der Waals surface area contributed by atoms with Crippen LogP contribution in [0.1, 0.15) is 29.6 Å². The lowest BCUT2D eigenvalue weighted by molar-refractivity contribution is 0.0913. The number of rotatable bonds is 5. The van der Waals surface area contributed by atoms with Gasteiger partial charge in [-0.2, -0.15) is 0 Å². The number of Topliss-reactive ketones (excluding diaryl/α,β-unsaturated/α-hetero) is 1. The van der Waals surface area contributed by atoms with E-state index in [1.165, 1.54) is 14.2 Å². The molecular formula is C16H20BrNO5. The van der Waals surface area contributed by atoms with Crippen LogP contribution in [0.3, 0.4) is 0 Å². The number of carbonyl (C=O) groups is 2. The zero-order valence-electron chi connectivity index (χ0n) is 13.4. The number of hydrogen-bond donors (Lipinski definition) is 0. The van der Waals surface area contributed by atoms with Crippen molar-refractivity contribution < 1.29 is 23.8 Å². The van der Waals surface area contributed by atoms with E-state index in [9.17, 15) is 9.59 Å². The highest BCUT2D eigenvalue weighted by molar-refractivity contribution is 9.10. The van der Waals surface area contributed by atoms with Gasteiger partial charge >= 0.3 is 6.09 Å². The fraction of sp³-hybridized carbons (Fsp3) is 0.500. The summed E-state index contributed by atoms with van der Waals surface area (Å²) in [4.78, 5) is 26.0. The molecule has 23 heavy (non-hydrogen) atoms. The minimum absolute atomic E-state index is 0.0568. The van der Waals surface area contributed by atoms with E-state index < -0.39 is 0 Å². The van der Waals surface area contributed by atoms with Crippen LogP contribution >= 0.6 is 15.9 Å². The van der Waals surface area contributed by atoms with Gasteiger partial charge in [0.05, 0.1) is 21.3 Å². The highest BCUT2D eigenvalue weighted by Crippen LogP contribution is 2.34. The summed E-state index contributed by atoms with van der Waals surface area (Å²) >= 11 is 3.40. The summed E-state index contributed by atoms with van der Waals surface area (Å²) in [5, 5.41) is 0. The third-order valence-corrected chi connectivity index (χ3v) is 4.64. The molecule has 0 radical (unpaired) electrons. The van der Waals surface area contributed by atoms with E-state index >= 15 is 0 Å². The molecule has 2 rings (SSSR count). The summed E-state index contributed by atoms with van der Waals surface area (Å²) in [6.45, 7) is 0.623. The van der Waals surface area contributed by atoms with Crippen molar-refractivity contribution in [3.8, 4) is 11.5 Å². The molecular weight excluding hydrogens is 366 g/mol. The van der Waals surface area contributed by atoms with Crippen molar-refractivity contribution >= 4 is 27.8 Å². The summed E-state index contributed by atoms with van der Waals surface area (Å²) in [6, 6.07) is 3.23. The molecule has 0 bridgehead atoms. The minimum Gasteiger partial charge on any atom is -0.493 e. The number of likely N-dealkylation sites (tertiary alicyclic amines) is 1. The minimum atomic E-state index is -0.383. The van der Waals surface area contributed by atoms with Gasteiger partial charge in [-0.1, -0.05) is 0 Å². The maximum atomic E-state index is 12.6. The van der Waals surface area contributed by atoms with Gasteiger partial charge in [0.15, 0.2) is 17.3 Å². The van der Waals surface area contributed by atoms with Crippen molar-refractivity contribution in [2.45, 2.75) is 25.3 Å². The maximum absolute atomic E-state index is 12.6. The van der Waals surface area contributed by atoms with Crippen molar-refractivity contribution in [1.82, 2.24) is 4.90 Å². The Kier molecular flexibility index (Phi) is 5.87. The number of carbonyl (C=O) groups excluding carboxylic acids is 2. The Hall–Kier alpha value is -1.76. The highest BCUT2D eigenvalue weighted by Gasteiger charge is 2.31. The smallest absolute Gasteiger partial charge is 0.409 e. The first-order valence-corrected chi connectivity index (χ1v) is 8.10. The topological polar surface area (TPSA) is 65.1 Å². The van der Waals surface area contributed by atoms with Gasteiger partial charge in [-0.15, -0.1) is 0 Å². The van der Waals surface area contributed by atoms with Gasteiger partial charge in [-0.05, 0) is 40.9 Å². The molecule has 0 N–H and O–H groups in total. The summed E-state index contributed by atoms with van der Waals surface area (Å²) < 4.78 is 15.9. The molecule has 126 valence electrons. The van der Waals surface area contributed by atoms with Crippen LogP contribution in [-0.2, 0) is 4.74 Å². The Balaban J connectivity index is 2.19. The first-order valence-electron chi connectivity index (χ1n) is 7.31. The lowest BCUT2D eigenvalue weighted by Crippen LogP contribution is -2.36. The molecule has 0 aliphatic carbocycles. The Morgan fingerprint density at radius 1 is 1.22 bits per heavy atom. The van der Waals surface area contributed by atoms with Crippen LogP contribution in [0, 0.1) is 0 Å². The van der Waals surface area contributed by atoms with Crippen LogP contribution in [0.5, 0.6) is 11.5 Å². The number of hydrogen-bond acceptors (Lipinski definition) is 5. The van der Waals surface area contributed by atoms with Crippen molar-refractivity contribution in [1.29, 1.82) is 0 Å². The van der Waals surface area contributed by atoms with E-state index in [1.807, 2.05) is 0 Å². The van der Waals surface area contributed by atoms with Gasteiger partial charge in [0.1, 0.15) is 0 Å². The Labute approximate surface area is 143 Å². The predicted octanol–water partition coefficient (Wildman–Crippen LogP) is 3.27. The number of nitrogens with zero attached hydrogens (tertiary/aromatic N) is 1. The molecule has 1 aliphatic rings. The van der Waals surface area contributed by atoms with Gasteiger partial charge in [-0.25, -0.2) is 4.79 Å². The van der Waals surface area contributed by atoms with Crippen molar-refractivity contribution in [2.75, 3.05) is 27.9 Å². The molecule has 0 aromatic heterocycles. The molecule has 1 heterocycles. The van der Waals surface area contributed by atoms with Crippen molar-refractivity contribution in [3.63, 3.8) is 0 Å². The molecule has 0 spiro atoms. The van der Waals surface area contributed by atoms with Crippen LogP contribution < -0.4 is 9.47 Å². The first kappa shape index (κ1) is 17.6. The number of benzene rings is 1. The summed E-state index contributed by atoms with van der Waals surface area (Å²) in [7, 11) is 4.42. The van der Waals surface area contributed by atoms with Crippen LogP contribution in [0.25, 0.3) is 0 Å². The van der Waals surface area contributed by atoms with Crippen LogP contribution in [-0.4, -0.2) is 50.7 Å². The van der Waals surface area contributed by atoms with E-state index in [1.54, 1.807) is 24.1 Å². The normalized spacial score (nSPS) is 17.0. The first-order chi connectivity index (χ1) is 11.0. The quantitative estimate of drug-likeness (QED) is 0.727. The van der Waals surface area contributed by atoms with Crippen molar-refractivity contribution in [3.05, 3.63) is 22.2 Å². The molecule has 1 aromatic carbocycles. The molecule has 1 fully saturated rings. The number of halogens is 1. The second-order valence-electron chi connectivity index (χ2n) is 5.27. The number of amides is 1. The largest absolute Gasteiger partial charge is 0.493 e. The molecule has 7 heteroatoms. The van der Waals surface area contributed by atoms with Gasteiger partial charge in [0.2, 0.25) is 0 Å². The van der Waals surface area contributed by atoms with Gasteiger partial charge in [-0.3, -0.25) is 4.79 Å². The summed E-state index contributed by atoms with van der Waals surface area (Å²) in [6.07, 6.45) is 1.54. The molecule has 1 atom stereocenters. The number of ether oxygens (including phenoxy) is 3. The van der Waals surface area contributed by atoms with E-state index in [4.69, 9.17) is 14.2 Å². The zero-order chi connectivity index (χ0) is 17.0. The molecule has 1 aromatic rings. The number of methoxy groups -OCH3 is 3. The molecule has 1 amide bonds. The Morgan fingerprint density at radius 2 is 1.87 bits per heavy atom. The van der Waals surface area contributed by atoms with E-state index in [-0.39, 0.29) is 24.3 Å². The third kappa shape index (κ3) is 3.77. The van der Waals surface area contributed by atoms with Crippen molar-refractivity contribution in [2.24, 2.45) is 0 Å². The van der Waals surface area contributed by atoms with Gasteiger partial charge in [0, 0.05) is 29.0 Å². The Bertz CT molecular complexity index is 604. The second-order valence-corrected chi connectivity index (χ2v) is 6.13. The van der Waals surface area contributed by atoms with Crippen LogP contribution in [0.15, 0.2) is 16.6 Å². The summed E-state index contributed by atoms with van der Waals surface area (Å²) in [5.74, 6) is 0.988. The van der Waals surface area contributed by atoms with E-state index in [0.29, 0.717) is 28.1 Å². The Morgan fingerprint density at radius 3 is 2.48 bits per heavy atom.